The monoisotopic (exact) mass is 208 g/mol. The summed E-state index contributed by atoms with van der Waals surface area (Å²) in [5.41, 5.74) is 1.32. The van der Waals surface area contributed by atoms with Crippen LogP contribution in [0.15, 0.2) is 23.2 Å². The van der Waals surface area contributed by atoms with Gasteiger partial charge in [0.1, 0.15) is 12.2 Å². The first-order valence-corrected chi connectivity index (χ1v) is 5.38. The molecule has 0 aliphatic carbocycles. The Morgan fingerprint density at radius 1 is 1.64 bits per heavy atom. The van der Waals surface area contributed by atoms with Gasteiger partial charge < -0.3 is 5.32 Å². The summed E-state index contributed by atoms with van der Waals surface area (Å²) in [7, 11) is 1.93. The molecule has 0 amide bonds. The summed E-state index contributed by atoms with van der Waals surface area (Å²) in [6.07, 6.45) is 2.47. The van der Waals surface area contributed by atoms with Crippen molar-refractivity contribution < 1.29 is 0 Å². The van der Waals surface area contributed by atoms with E-state index in [-0.39, 0.29) is 6.04 Å². The Morgan fingerprint density at radius 3 is 3.14 bits per heavy atom. The average molecular weight is 208 g/mol. The Hall–Kier alpha value is -1.20. The highest BCUT2D eigenvalue weighted by Crippen LogP contribution is 2.15. The second-order valence-electron chi connectivity index (χ2n) is 3.05. The summed E-state index contributed by atoms with van der Waals surface area (Å²) < 4.78 is 0. The van der Waals surface area contributed by atoms with Gasteiger partial charge in [-0.3, -0.25) is 5.10 Å². The van der Waals surface area contributed by atoms with Gasteiger partial charge in [0.15, 0.2) is 0 Å². The number of aromatic amines is 1. The van der Waals surface area contributed by atoms with E-state index >= 15 is 0 Å². The minimum atomic E-state index is 0.215. The predicted molar refractivity (Wildman–Crippen MR) is 56.2 cm³/mol. The first kappa shape index (κ1) is 9.36. The van der Waals surface area contributed by atoms with Crippen LogP contribution in [-0.4, -0.2) is 22.2 Å². The van der Waals surface area contributed by atoms with E-state index in [2.05, 4.69) is 37.3 Å². The lowest BCUT2D eigenvalue weighted by molar-refractivity contribution is 0.560. The zero-order valence-electron chi connectivity index (χ0n) is 7.90. The zero-order valence-corrected chi connectivity index (χ0v) is 8.71. The van der Waals surface area contributed by atoms with Crippen molar-refractivity contribution in [1.82, 2.24) is 20.5 Å². The van der Waals surface area contributed by atoms with Crippen LogP contribution in [0.3, 0.4) is 0 Å². The van der Waals surface area contributed by atoms with E-state index in [0.717, 1.165) is 12.2 Å². The van der Waals surface area contributed by atoms with Gasteiger partial charge in [0.25, 0.3) is 0 Å². The van der Waals surface area contributed by atoms with Gasteiger partial charge >= 0.3 is 0 Å². The maximum atomic E-state index is 4.14. The molecule has 0 spiro atoms. The molecule has 0 bridgehead atoms. The van der Waals surface area contributed by atoms with E-state index in [9.17, 15) is 0 Å². The molecule has 2 aromatic heterocycles. The van der Waals surface area contributed by atoms with Gasteiger partial charge in [-0.2, -0.15) is 16.4 Å². The van der Waals surface area contributed by atoms with E-state index in [0.29, 0.717) is 0 Å². The lowest BCUT2D eigenvalue weighted by atomic mass is 10.1. The quantitative estimate of drug-likeness (QED) is 0.798. The number of rotatable bonds is 4. The maximum Gasteiger partial charge on any atom is 0.141 e. The Balaban J connectivity index is 2.08. The fourth-order valence-electron chi connectivity index (χ4n) is 1.36. The van der Waals surface area contributed by atoms with Crippen molar-refractivity contribution in [3.05, 3.63) is 34.5 Å². The third-order valence-electron chi connectivity index (χ3n) is 2.13. The molecule has 0 aliphatic rings. The molecule has 1 unspecified atom stereocenters. The van der Waals surface area contributed by atoms with Crippen molar-refractivity contribution in [1.29, 1.82) is 0 Å². The number of likely N-dealkylation sites (N-methyl/N-ethyl adjacent to an activating group) is 1. The molecule has 0 aromatic carbocycles. The first-order valence-electron chi connectivity index (χ1n) is 4.43. The van der Waals surface area contributed by atoms with Gasteiger partial charge in [0, 0.05) is 0 Å². The predicted octanol–water partition coefficient (Wildman–Crippen LogP) is 1.37. The molecule has 4 nitrogen and oxygen atoms in total. The molecular weight excluding hydrogens is 196 g/mol. The number of nitrogens with one attached hydrogen (secondary N) is 2. The fraction of sp³-hybridized carbons (Fsp3) is 0.333. The average Bonchev–Trinajstić information content (AvgIpc) is 2.86. The molecule has 1 atom stereocenters. The summed E-state index contributed by atoms with van der Waals surface area (Å²) in [6, 6.07) is 2.35. The molecule has 14 heavy (non-hydrogen) atoms. The highest BCUT2D eigenvalue weighted by atomic mass is 32.1. The summed E-state index contributed by atoms with van der Waals surface area (Å²) in [6.45, 7) is 0. The fourth-order valence-corrected chi connectivity index (χ4v) is 2.04. The highest BCUT2D eigenvalue weighted by Gasteiger charge is 2.12. The van der Waals surface area contributed by atoms with Crippen molar-refractivity contribution >= 4 is 11.3 Å². The van der Waals surface area contributed by atoms with Crippen LogP contribution in [0.2, 0.25) is 0 Å². The third kappa shape index (κ3) is 2.00. The van der Waals surface area contributed by atoms with Crippen molar-refractivity contribution in [2.24, 2.45) is 0 Å². The summed E-state index contributed by atoms with van der Waals surface area (Å²) in [4.78, 5) is 4.14. The van der Waals surface area contributed by atoms with Crippen LogP contribution in [0.25, 0.3) is 0 Å². The van der Waals surface area contributed by atoms with E-state index in [1.807, 2.05) is 7.05 Å². The van der Waals surface area contributed by atoms with Gasteiger partial charge in [-0.15, -0.1) is 0 Å². The molecule has 2 N–H and O–H groups in total. The summed E-state index contributed by atoms with van der Waals surface area (Å²) >= 11 is 1.72. The zero-order chi connectivity index (χ0) is 9.80. The van der Waals surface area contributed by atoms with Crippen LogP contribution in [-0.2, 0) is 6.42 Å². The van der Waals surface area contributed by atoms with E-state index in [1.54, 1.807) is 11.3 Å². The van der Waals surface area contributed by atoms with Crippen LogP contribution < -0.4 is 5.32 Å². The molecule has 0 aliphatic heterocycles. The Kier molecular flexibility index (Phi) is 2.90. The Bertz CT molecular complexity index is 354. The molecule has 2 aromatic rings. The van der Waals surface area contributed by atoms with Gasteiger partial charge in [-0.05, 0) is 35.9 Å². The molecular formula is C9H12N4S. The SMILES string of the molecule is CNC(Cc1ccsc1)c1ncn[nH]1. The summed E-state index contributed by atoms with van der Waals surface area (Å²) in [5.74, 6) is 0.888. The number of nitrogens with zero attached hydrogens (tertiary/aromatic N) is 2. The molecule has 0 fully saturated rings. The number of thiophene rings is 1. The Labute approximate surface area is 86.4 Å². The van der Waals surface area contributed by atoms with Gasteiger partial charge in [-0.1, -0.05) is 0 Å². The molecule has 2 heterocycles. The smallest absolute Gasteiger partial charge is 0.141 e. The number of aromatic nitrogens is 3. The van der Waals surface area contributed by atoms with Crippen molar-refractivity contribution in [2.75, 3.05) is 7.05 Å². The number of hydrogen-bond donors (Lipinski definition) is 2. The molecule has 2 rings (SSSR count). The topological polar surface area (TPSA) is 53.6 Å². The van der Waals surface area contributed by atoms with Gasteiger partial charge in [-0.25, -0.2) is 4.98 Å². The minimum absolute atomic E-state index is 0.215. The molecule has 0 radical (unpaired) electrons. The normalized spacial score (nSPS) is 12.9. The van der Waals surface area contributed by atoms with Crippen LogP contribution in [0.4, 0.5) is 0 Å². The van der Waals surface area contributed by atoms with E-state index in [1.165, 1.54) is 11.9 Å². The van der Waals surface area contributed by atoms with Crippen molar-refractivity contribution in [3.63, 3.8) is 0 Å². The maximum absolute atomic E-state index is 4.14. The van der Waals surface area contributed by atoms with E-state index < -0.39 is 0 Å². The van der Waals surface area contributed by atoms with Crippen molar-refractivity contribution in [2.45, 2.75) is 12.5 Å². The molecule has 5 heteroatoms. The highest BCUT2D eigenvalue weighted by molar-refractivity contribution is 7.07. The van der Waals surface area contributed by atoms with Gasteiger partial charge in [0.2, 0.25) is 0 Å². The van der Waals surface area contributed by atoms with Crippen molar-refractivity contribution in [3.8, 4) is 0 Å². The van der Waals surface area contributed by atoms with E-state index in [4.69, 9.17) is 0 Å². The lowest BCUT2D eigenvalue weighted by Gasteiger charge is -2.11. The first-order chi connectivity index (χ1) is 6.90. The van der Waals surface area contributed by atoms with Gasteiger partial charge in [0.05, 0.1) is 6.04 Å². The molecule has 74 valence electrons. The molecule has 0 saturated carbocycles. The second-order valence-corrected chi connectivity index (χ2v) is 3.83. The minimum Gasteiger partial charge on any atom is -0.310 e. The number of hydrogen-bond acceptors (Lipinski definition) is 4. The largest absolute Gasteiger partial charge is 0.310 e. The van der Waals surface area contributed by atoms with Crippen LogP contribution >= 0.6 is 11.3 Å². The summed E-state index contributed by atoms with van der Waals surface area (Å²) in [5, 5.41) is 14.2. The van der Waals surface area contributed by atoms with Crippen LogP contribution in [0.1, 0.15) is 17.4 Å². The van der Waals surface area contributed by atoms with Crippen LogP contribution in [0, 0.1) is 0 Å². The van der Waals surface area contributed by atoms with Crippen LogP contribution in [0.5, 0.6) is 0 Å². The Morgan fingerprint density at radius 2 is 2.57 bits per heavy atom. The third-order valence-corrected chi connectivity index (χ3v) is 2.86. The number of H-pyrrole nitrogens is 1. The standard InChI is InChI=1S/C9H12N4S/c1-10-8(9-11-6-12-13-9)4-7-2-3-14-5-7/h2-3,5-6,8,10H,4H2,1H3,(H,11,12,13). The lowest BCUT2D eigenvalue weighted by Crippen LogP contribution is -2.19. The molecule has 0 saturated heterocycles. The second kappa shape index (κ2) is 4.34.